The number of fused-ring (bicyclic) bond motifs is 1. The summed E-state index contributed by atoms with van der Waals surface area (Å²) in [5, 5.41) is 2.75. The van der Waals surface area contributed by atoms with Gasteiger partial charge in [-0.15, -0.1) is 0 Å². The second kappa shape index (κ2) is 8.19. The number of carbonyl (C=O) groups excluding carboxylic acids is 3. The molecule has 2 aliphatic heterocycles. The van der Waals surface area contributed by atoms with E-state index in [1.54, 1.807) is 0 Å². The molecule has 3 amide bonds. The predicted molar refractivity (Wildman–Crippen MR) is 96.7 cm³/mol. The second-order valence-corrected chi connectivity index (χ2v) is 8.74. The summed E-state index contributed by atoms with van der Waals surface area (Å²) in [6, 6.07) is 0. The maximum Gasteiger partial charge on any atom is 0.223 e. The normalized spacial score (nSPS) is 24.6. The van der Waals surface area contributed by atoms with Crippen LogP contribution < -0.4 is 5.32 Å². The summed E-state index contributed by atoms with van der Waals surface area (Å²) in [4.78, 5) is 39.9. The molecule has 0 aromatic heterocycles. The highest BCUT2D eigenvalue weighted by Gasteiger charge is 2.36. The number of amides is 3. The van der Waals surface area contributed by atoms with Gasteiger partial charge in [0, 0.05) is 52.5 Å². The number of rotatable bonds is 4. The number of nitrogens with one attached hydrogen (secondary N) is 1. The van der Waals surface area contributed by atoms with Crippen molar-refractivity contribution in [1.29, 1.82) is 0 Å². The second-order valence-electron chi connectivity index (χ2n) is 8.74. The zero-order valence-electron chi connectivity index (χ0n) is 16.1. The van der Waals surface area contributed by atoms with E-state index in [-0.39, 0.29) is 23.1 Å². The van der Waals surface area contributed by atoms with Crippen molar-refractivity contribution < 1.29 is 14.4 Å². The topological polar surface area (TPSA) is 69.7 Å². The van der Waals surface area contributed by atoms with Crippen LogP contribution in [0.4, 0.5) is 0 Å². The number of likely N-dealkylation sites (tertiary alicyclic amines) is 2. The Morgan fingerprint density at radius 1 is 1.16 bits per heavy atom. The van der Waals surface area contributed by atoms with E-state index in [0.717, 1.165) is 32.5 Å². The molecule has 0 aromatic rings. The molecule has 6 nitrogen and oxygen atoms in total. The molecule has 2 fully saturated rings. The van der Waals surface area contributed by atoms with Gasteiger partial charge in [0.15, 0.2) is 0 Å². The van der Waals surface area contributed by atoms with Gasteiger partial charge in [-0.1, -0.05) is 20.8 Å². The summed E-state index contributed by atoms with van der Waals surface area (Å²) in [7, 11) is 0. The lowest BCUT2D eigenvalue weighted by atomic mass is 9.81. The van der Waals surface area contributed by atoms with Crippen LogP contribution in [0.3, 0.4) is 0 Å². The third-order valence-electron chi connectivity index (χ3n) is 5.24. The number of nitrogens with zero attached hydrogens (tertiary/aromatic N) is 2. The van der Waals surface area contributed by atoms with E-state index in [2.05, 4.69) is 26.1 Å². The molecule has 0 bridgehead atoms. The molecule has 6 heteroatoms. The van der Waals surface area contributed by atoms with Gasteiger partial charge in [0.2, 0.25) is 17.7 Å². The van der Waals surface area contributed by atoms with Crippen LogP contribution in [0.15, 0.2) is 0 Å². The highest BCUT2D eigenvalue weighted by atomic mass is 16.2. The zero-order chi connectivity index (χ0) is 18.6. The van der Waals surface area contributed by atoms with Crippen molar-refractivity contribution >= 4 is 17.7 Å². The number of carbonyl (C=O) groups is 3. The minimum absolute atomic E-state index is 0.00780. The summed E-state index contributed by atoms with van der Waals surface area (Å²) in [5.41, 5.74) is 0.00780. The Kier molecular flexibility index (Phi) is 6.47. The first-order valence-electron chi connectivity index (χ1n) is 9.46. The fraction of sp³-hybridized carbons (Fsp3) is 0.842. The van der Waals surface area contributed by atoms with Gasteiger partial charge in [-0.2, -0.15) is 0 Å². The van der Waals surface area contributed by atoms with Gasteiger partial charge in [-0.25, -0.2) is 0 Å². The van der Waals surface area contributed by atoms with E-state index in [4.69, 9.17) is 0 Å². The number of piperidine rings is 1. The Bertz CT molecular complexity index is 513. The minimum atomic E-state index is -0.0658. The van der Waals surface area contributed by atoms with Gasteiger partial charge < -0.3 is 15.1 Å². The van der Waals surface area contributed by atoms with Gasteiger partial charge in [0.05, 0.1) is 0 Å². The molecule has 2 atom stereocenters. The molecule has 1 N–H and O–H groups in total. The number of hydrogen-bond donors (Lipinski definition) is 1. The Labute approximate surface area is 151 Å². The lowest BCUT2D eigenvalue weighted by Crippen LogP contribution is -2.44. The number of hydrogen-bond acceptors (Lipinski definition) is 3. The van der Waals surface area contributed by atoms with Crippen LogP contribution in [0.1, 0.15) is 53.4 Å². The predicted octanol–water partition coefficient (Wildman–Crippen LogP) is 1.65. The van der Waals surface area contributed by atoms with Crippen LogP contribution in [0.25, 0.3) is 0 Å². The Balaban J connectivity index is 1.90. The fourth-order valence-electron chi connectivity index (χ4n) is 3.87. The molecule has 2 saturated heterocycles. The molecule has 0 unspecified atom stereocenters. The van der Waals surface area contributed by atoms with E-state index in [9.17, 15) is 14.4 Å². The summed E-state index contributed by atoms with van der Waals surface area (Å²) in [6.07, 6.45) is 3.01. The van der Waals surface area contributed by atoms with Crippen LogP contribution in [0.2, 0.25) is 0 Å². The van der Waals surface area contributed by atoms with Crippen molar-refractivity contribution in [2.24, 2.45) is 17.3 Å². The van der Waals surface area contributed by atoms with E-state index in [1.165, 1.54) is 6.92 Å². The molecular weight excluding hydrogens is 318 g/mol. The van der Waals surface area contributed by atoms with Gasteiger partial charge >= 0.3 is 0 Å². The molecule has 2 heterocycles. The SMILES string of the molecule is CC(=O)NCCN1CC[C@H]2CN(C(=O)CC(C)(C)C)CC[C@H]2CC1=O. The molecule has 0 spiro atoms. The van der Waals surface area contributed by atoms with E-state index < -0.39 is 0 Å². The summed E-state index contributed by atoms with van der Waals surface area (Å²) >= 11 is 0. The Hall–Kier alpha value is -1.59. The summed E-state index contributed by atoms with van der Waals surface area (Å²) < 4.78 is 0. The third kappa shape index (κ3) is 6.01. The summed E-state index contributed by atoms with van der Waals surface area (Å²) in [5.74, 6) is 1.16. The molecule has 0 saturated carbocycles. The highest BCUT2D eigenvalue weighted by Crippen LogP contribution is 2.33. The zero-order valence-corrected chi connectivity index (χ0v) is 16.1. The van der Waals surface area contributed by atoms with Crippen molar-refractivity contribution in [3.05, 3.63) is 0 Å². The molecule has 25 heavy (non-hydrogen) atoms. The maximum atomic E-state index is 12.5. The first-order chi connectivity index (χ1) is 11.7. The van der Waals surface area contributed by atoms with Gasteiger partial charge in [0.1, 0.15) is 0 Å². The quantitative estimate of drug-likeness (QED) is 0.837. The smallest absolute Gasteiger partial charge is 0.223 e. The monoisotopic (exact) mass is 351 g/mol. The lowest BCUT2D eigenvalue weighted by molar-refractivity contribution is -0.136. The van der Waals surface area contributed by atoms with Crippen LogP contribution in [0.5, 0.6) is 0 Å². The van der Waals surface area contributed by atoms with Gasteiger partial charge in [0.25, 0.3) is 0 Å². The lowest BCUT2D eigenvalue weighted by Gasteiger charge is -2.38. The van der Waals surface area contributed by atoms with Crippen molar-refractivity contribution in [2.75, 3.05) is 32.7 Å². The molecule has 0 aromatic carbocycles. The third-order valence-corrected chi connectivity index (χ3v) is 5.24. The van der Waals surface area contributed by atoms with Crippen molar-refractivity contribution in [3.8, 4) is 0 Å². The fourth-order valence-corrected chi connectivity index (χ4v) is 3.87. The molecule has 2 aliphatic rings. The highest BCUT2D eigenvalue weighted by molar-refractivity contribution is 5.78. The average Bonchev–Trinajstić information content (AvgIpc) is 2.64. The van der Waals surface area contributed by atoms with Crippen molar-refractivity contribution in [3.63, 3.8) is 0 Å². The van der Waals surface area contributed by atoms with E-state index in [1.807, 2.05) is 9.80 Å². The molecule has 142 valence electrons. The minimum Gasteiger partial charge on any atom is -0.355 e. The van der Waals surface area contributed by atoms with Crippen LogP contribution in [-0.4, -0.2) is 60.2 Å². The van der Waals surface area contributed by atoms with Crippen LogP contribution >= 0.6 is 0 Å². The van der Waals surface area contributed by atoms with Crippen LogP contribution in [0, 0.1) is 17.3 Å². The molecule has 0 aliphatic carbocycles. The molecular formula is C19H33N3O3. The van der Waals surface area contributed by atoms with Crippen molar-refractivity contribution in [2.45, 2.75) is 53.4 Å². The average molecular weight is 351 g/mol. The molecule has 2 rings (SSSR count). The summed E-state index contributed by atoms with van der Waals surface area (Å²) in [6.45, 7) is 11.1. The van der Waals surface area contributed by atoms with E-state index >= 15 is 0 Å². The Morgan fingerprint density at radius 2 is 1.84 bits per heavy atom. The first kappa shape index (κ1) is 19.7. The maximum absolute atomic E-state index is 12.5. The van der Waals surface area contributed by atoms with Gasteiger partial charge in [-0.3, -0.25) is 14.4 Å². The van der Waals surface area contributed by atoms with Gasteiger partial charge in [-0.05, 0) is 30.1 Å². The van der Waals surface area contributed by atoms with Crippen molar-refractivity contribution in [1.82, 2.24) is 15.1 Å². The Morgan fingerprint density at radius 3 is 2.48 bits per heavy atom. The molecule has 0 radical (unpaired) electrons. The largest absolute Gasteiger partial charge is 0.355 e. The van der Waals surface area contributed by atoms with Crippen LogP contribution in [-0.2, 0) is 14.4 Å². The van der Waals surface area contributed by atoms with E-state index in [0.29, 0.717) is 37.8 Å². The standard InChI is InChI=1S/C19H33N3O3/c1-14(23)20-7-10-21-8-6-16-13-22(18(25)12-19(2,3)4)9-5-15(16)11-17(21)24/h15-16H,5-13H2,1-4H3,(H,20,23)/t15-,16-/m0/s1. The first-order valence-corrected chi connectivity index (χ1v) is 9.46.